The number of amides is 1. The Morgan fingerprint density at radius 3 is 3.18 bits per heavy atom. The molecule has 3 heterocycles. The quantitative estimate of drug-likeness (QED) is 0.921. The van der Waals surface area contributed by atoms with Gasteiger partial charge in [0, 0.05) is 37.0 Å². The lowest BCUT2D eigenvalue weighted by atomic mass is 9.92. The number of aryl methyl sites for hydroxylation is 1. The summed E-state index contributed by atoms with van der Waals surface area (Å²) in [7, 11) is 0. The molecular formula is C17H19N3O2. The van der Waals surface area contributed by atoms with Crippen LogP contribution in [0, 0.1) is 0 Å². The van der Waals surface area contributed by atoms with Crippen LogP contribution >= 0.6 is 0 Å². The van der Waals surface area contributed by atoms with Gasteiger partial charge in [-0.1, -0.05) is 18.2 Å². The molecule has 1 aromatic carbocycles. The number of hydrogen-bond donors (Lipinski definition) is 1. The van der Waals surface area contributed by atoms with Crippen molar-refractivity contribution in [2.75, 3.05) is 6.61 Å². The molecule has 2 aliphatic rings. The first-order chi connectivity index (χ1) is 10.8. The minimum Gasteiger partial charge on any atom is -0.493 e. The maximum Gasteiger partial charge on any atom is 0.228 e. The van der Waals surface area contributed by atoms with Gasteiger partial charge in [-0.3, -0.25) is 4.79 Å². The lowest BCUT2D eigenvalue weighted by Crippen LogP contribution is -2.43. The van der Waals surface area contributed by atoms with Gasteiger partial charge in [0.05, 0.1) is 12.5 Å². The third-order valence-electron chi connectivity index (χ3n) is 4.56. The Morgan fingerprint density at radius 1 is 1.32 bits per heavy atom. The number of ether oxygens (including phenoxy) is 1. The second-order valence-electron chi connectivity index (χ2n) is 5.97. The van der Waals surface area contributed by atoms with Crippen molar-refractivity contribution in [1.82, 2.24) is 14.9 Å². The Kier molecular flexibility index (Phi) is 3.33. The molecule has 114 valence electrons. The lowest BCUT2D eigenvalue weighted by molar-refractivity contribution is -0.124. The normalized spacial score (nSPS) is 23.1. The molecule has 0 saturated carbocycles. The first kappa shape index (κ1) is 13.4. The summed E-state index contributed by atoms with van der Waals surface area (Å²) in [5.41, 5.74) is 1.00. The van der Waals surface area contributed by atoms with Crippen molar-refractivity contribution < 1.29 is 9.53 Å². The molecule has 0 saturated heterocycles. The van der Waals surface area contributed by atoms with Gasteiger partial charge < -0.3 is 14.6 Å². The van der Waals surface area contributed by atoms with Crippen LogP contribution in [0.2, 0.25) is 0 Å². The highest BCUT2D eigenvalue weighted by molar-refractivity contribution is 5.85. The van der Waals surface area contributed by atoms with E-state index in [2.05, 4.69) is 14.9 Å². The van der Waals surface area contributed by atoms with Gasteiger partial charge in [0.25, 0.3) is 0 Å². The number of carbonyl (C=O) groups is 1. The predicted molar refractivity (Wildman–Crippen MR) is 81.8 cm³/mol. The number of para-hydroxylation sites is 1. The molecule has 1 N–H and O–H groups in total. The number of hydrogen-bond acceptors (Lipinski definition) is 3. The average Bonchev–Trinajstić information content (AvgIpc) is 3.02. The van der Waals surface area contributed by atoms with Crippen LogP contribution in [0.5, 0.6) is 5.75 Å². The Labute approximate surface area is 129 Å². The van der Waals surface area contributed by atoms with Crippen molar-refractivity contribution in [2.45, 2.75) is 37.8 Å². The van der Waals surface area contributed by atoms with Crippen molar-refractivity contribution in [3.63, 3.8) is 0 Å². The van der Waals surface area contributed by atoms with E-state index in [-0.39, 0.29) is 17.9 Å². The zero-order chi connectivity index (χ0) is 14.9. The Morgan fingerprint density at radius 2 is 2.23 bits per heavy atom. The smallest absolute Gasteiger partial charge is 0.228 e. The topological polar surface area (TPSA) is 56.2 Å². The summed E-state index contributed by atoms with van der Waals surface area (Å²) in [6.07, 6.45) is 6.42. The molecule has 1 amide bonds. The molecular weight excluding hydrogens is 278 g/mol. The van der Waals surface area contributed by atoms with Crippen LogP contribution in [-0.4, -0.2) is 28.1 Å². The molecule has 2 aliphatic heterocycles. The van der Waals surface area contributed by atoms with Gasteiger partial charge in [0.1, 0.15) is 11.6 Å². The summed E-state index contributed by atoms with van der Waals surface area (Å²) in [4.78, 5) is 17.0. The van der Waals surface area contributed by atoms with E-state index in [0.29, 0.717) is 6.61 Å². The lowest BCUT2D eigenvalue weighted by Gasteiger charge is -2.29. The van der Waals surface area contributed by atoms with E-state index in [9.17, 15) is 4.79 Å². The van der Waals surface area contributed by atoms with E-state index in [1.54, 1.807) is 0 Å². The van der Waals surface area contributed by atoms with Crippen molar-refractivity contribution >= 4 is 5.91 Å². The number of aromatic nitrogens is 2. The number of fused-ring (bicyclic) bond motifs is 2. The number of nitrogens with one attached hydrogen (secondary N) is 1. The summed E-state index contributed by atoms with van der Waals surface area (Å²) in [5, 5.41) is 3.22. The molecule has 5 nitrogen and oxygen atoms in total. The summed E-state index contributed by atoms with van der Waals surface area (Å²) in [6, 6.07) is 8.03. The number of imidazole rings is 1. The van der Waals surface area contributed by atoms with Crippen molar-refractivity contribution in [1.29, 1.82) is 0 Å². The van der Waals surface area contributed by atoms with Crippen LogP contribution in [0.4, 0.5) is 0 Å². The fraction of sp³-hybridized carbons (Fsp3) is 0.412. The molecule has 0 aliphatic carbocycles. The van der Waals surface area contributed by atoms with Crippen LogP contribution < -0.4 is 10.1 Å². The molecule has 0 radical (unpaired) electrons. The zero-order valence-electron chi connectivity index (χ0n) is 12.4. The molecule has 0 spiro atoms. The van der Waals surface area contributed by atoms with Crippen LogP contribution in [0.15, 0.2) is 36.7 Å². The zero-order valence-corrected chi connectivity index (χ0v) is 12.4. The Hall–Kier alpha value is -2.30. The molecule has 2 aromatic rings. The molecule has 1 aromatic heterocycles. The molecule has 0 fully saturated rings. The highest BCUT2D eigenvalue weighted by Crippen LogP contribution is 2.33. The Bertz CT molecular complexity index is 695. The molecule has 4 rings (SSSR count). The predicted octanol–water partition coefficient (Wildman–Crippen LogP) is 1.88. The minimum atomic E-state index is -0.103. The molecule has 0 bridgehead atoms. The number of rotatable bonds is 2. The van der Waals surface area contributed by atoms with Crippen LogP contribution in [0.1, 0.15) is 30.1 Å². The highest BCUT2D eigenvalue weighted by atomic mass is 16.5. The van der Waals surface area contributed by atoms with E-state index >= 15 is 0 Å². The molecule has 2 atom stereocenters. The van der Waals surface area contributed by atoms with Crippen molar-refractivity contribution in [3.05, 3.63) is 48.0 Å². The van der Waals surface area contributed by atoms with Crippen LogP contribution in [0.3, 0.4) is 0 Å². The molecule has 0 unspecified atom stereocenters. The monoisotopic (exact) mass is 297 g/mol. The maximum atomic E-state index is 12.7. The van der Waals surface area contributed by atoms with E-state index in [4.69, 9.17) is 4.74 Å². The van der Waals surface area contributed by atoms with Crippen molar-refractivity contribution in [3.8, 4) is 5.75 Å². The van der Waals surface area contributed by atoms with E-state index in [0.717, 1.165) is 42.9 Å². The van der Waals surface area contributed by atoms with Gasteiger partial charge in [-0.05, 0) is 18.9 Å². The van der Waals surface area contributed by atoms with Crippen LogP contribution in [-0.2, 0) is 17.8 Å². The van der Waals surface area contributed by atoms with Gasteiger partial charge in [0.15, 0.2) is 0 Å². The highest BCUT2D eigenvalue weighted by Gasteiger charge is 2.29. The summed E-state index contributed by atoms with van der Waals surface area (Å²) in [6.45, 7) is 1.41. The van der Waals surface area contributed by atoms with E-state index in [1.807, 2.05) is 36.7 Å². The van der Waals surface area contributed by atoms with E-state index < -0.39 is 0 Å². The van der Waals surface area contributed by atoms with E-state index in [1.165, 1.54) is 0 Å². The second-order valence-corrected chi connectivity index (χ2v) is 5.97. The first-order valence-corrected chi connectivity index (χ1v) is 7.83. The average molecular weight is 297 g/mol. The van der Waals surface area contributed by atoms with Gasteiger partial charge in [-0.25, -0.2) is 4.98 Å². The molecule has 5 heteroatoms. The van der Waals surface area contributed by atoms with Crippen molar-refractivity contribution in [2.24, 2.45) is 0 Å². The van der Waals surface area contributed by atoms with Gasteiger partial charge in [-0.15, -0.1) is 0 Å². The van der Waals surface area contributed by atoms with Crippen LogP contribution in [0.25, 0.3) is 0 Å². The SMILES string of the molecule is O=C(N[C@@H]1CCc2nccn2C1)[C@H]1CCOc2ccccc21. The molecule has 22 heavy (non-hydrogen) atoms. The number of nitrogens with zero attached hydrogens (tertiary/aromatic N) is 2. The fourth-order valence-electron chi connectivity index (χ4n) is 3.40. The Balaban J connectivity index is 1.47. The van der Waals surface area contributed by atoms with Gasteiger partial charge in [0.2, 0.25) is 5.91 Å². The first-order valence-electron chi connectivity index (χ1n) is 7.83. The number of carbonyl (C=O) groups excluding carboxylic acids is 1. The van der Waals surface area contributed by atoms with Gasteiger partial charge >= 0.3 is 0 Å². The fourth-order valence-corrected chi connectivity index (χ4v) is 3.40. The maximum absolute atomic E-state index is 12.7. The summed E-state index contributed by atoms with van der Waals surface area (Å²) < 4.78 is 7.77. The largest absolute Gasteiger partial charge is 0.493 e. The third kappa shape index (κ3) is 2.36. The third-order valence-corrected chi connectivity index (χ3v) is 4.56. The number of benzene rings is 1. The van der Waals surface area contributed by atoms with Gasteiger partial charge in [-0.2, -0.15) is 0 Å². The second kappa shape index (κ2) is 5.48. The summed E-state index contributed by atoms with van der Waals surface area (Å²) in [5.74, 6) is 1.97. The minimum absolute atomic E-state index is 0.103. The summed E-state index contributed by atoms with van der Waals surface area (Å²) >= 11 is 0. The standard InChI is InChI=1S/C17H19N3O2/c21-17(14-7-10-22-15-4-2-1-3-13(14)15)19-12-5-6-16-18-8-9-20(16)11-12/h1-4,8-9,12,14H,5-7,10-11H2,(H,19,21)/t12-,14+/m1/s1.